The number of carbonyl (C=O) groups is 1. The summed E-state index contributed by atoms with van der Waals surface area (Å²) in [5, 5.41) is 0. The number of hydrogen-bond acceptors (Lipinski definition) is 3. The molecule has 1 saturated heterocycles. The van der Waals surface area contributed by atoms with Crippen LogP contribution >= 0.6 is 0 Å². The Kier molecular flexibility index (Phi) is 3.60. The van der Waals surface area contributed by atoms with Gasteiger partial charge in [0.1, 0.15) is 6.29 Å². The van der Waals surface area contributed by atoms with Crippen LogP contribution in [0.3, 0.4) is 0 Å². The third kappa shape index (κ3) is 2.73. The molecule has 0 bridgehead atoms. The molecular weight excluding hydrogens is 216 g/mol. The van der Waals surface area contributed by atoms with Crippen LogP contribution in [0.2, 0.25) is 0 Å². The molecule has 0 aromatic heterocycles. The van der Waals surface area contributed by atoms with Crippen LogP contribution in [-0.4, -0.2) is 19.0 Å². The van der Waals surface area contributed by atoms with Gasteiger partial charge in [-0.1, -0.05) is 44.2 Å². The number of hydrogen-bond donors (Lipinski definition) is 0. The Morgan fingerprint density at radius 2 is 2.00 bits per heavy atom. The van der Waals surface area contributed by atoms with Crippen molar-refractivity contribution in [3.05, 3.63) is 35.9 Å². The number of ether oxygens (including phenoxy) is 2. The third-order valence-corrected chi connectivity index (χ3v) is 3.14. The van der Waals surface area contributed by atoms with Crippen molar-refractivity contribution in [3.8, 4) is 0 Å². The summed E-state index contributed by atoms with van der Waals surface area (Å²) >= 11 is 0. The van der Waals surface area contributed by atoms with E-state index in [4.69, 9.17) is 9.47 Å². The molecule has 0 radical (unpaired) electrons. The zero-order valence-corrected chi connectivity index (χ0v) is 10.3. The lowest BCUT2D eigenvalue weighted by atomic mass is 9.86. The molecule has 0 N–H and O–H groups in total. The maximum absolute atomic E-state index is 11.0. The van der Waals surface area contributed by atoms with Gasteiger partial charge in [-0.2, -0.15) is 0 Å². The Bertz CT molecular complexity index is 372. The molecular formula is C14H18O3. The average Bonchev–Trinajstić information content (AvgIpc) is 2.40. The highest BCUT2D eigenvalue weighted by Crippen LogP contribution is 2.33. The minimum Gasteiger partial charge on any atom is -0.348 e. The van der Waals surface area contributed by atoms with Crippen LogP contribution in [0.5, 0.6) is 0 Å². The van der Waals surface area contributed by atoms with Gasteiger partial charge in [0.25, 0.3) is 0 Å². The number of carbonyl (C=O) groups excluding carboxylic acids is 1. The maximum Gasteiger partial charge on any atom is 0.184 e. The molecule has 0 saturated carbocycles. The van der Waals surface area contributed by atoms with Gasteiger partial charge in [0.15, 0.2) is 6.29 Å². The SMILES string of the molecule is CC(C)(C=O)[C@@H]1CCO[C@H](c2ccccc2)O1. The molecule has 92 valence electrons. The van der Waals surface area contributed by atoms with Crippen LogP contribution in [-0.2, 0) is 14.3 Å². The van der Waals surface area contributed by atoms with Crippen LogP contribution in [0.15, 0.2) is 30.3 Å². The van der Waals surface area contributed by atoms with E-state index in [-0.39, 0.29) is 12.4 Å². The standard InChI is InChI=1S/C14H18O3/c1-14(2,10-15)12-8-9-16-13(17-12)11-6-4-3-5-7-11/h3-7,10,12-13H,8-9H2,1-2H3/t12-,13-/m0/s1. The summed E-state index contributed by atoms with van der Waals surface area (Å²) in [6, 6.07) is 9.81. The molecule has 1 aromatic carbocycles. The Balaban J connectivity index is 2.10. The molecule has 0 unspecified atom stereocenters. The molecule has 1 fully saturated rings. The molecule has 3 heteroatoms. The maximum atomic E-state index is 11.0. The lowest BCUT2D eigenvalue weighted by Crippen LogP contribution is -2.39. The Labute approximate surface area is 102 Å². The van der Waals surface area contributed by atoms with E-state index in [0.717, 1.165) is 18.3 Å². The molecule has 1 heterocycles. The second-order valence-corrected chi connectivity index (χ2v) is 4.97. The second-order valence-electron chi connectivity index (χ2n) is 4.97. The van der Waals surface area contributed by atoms with Crippen molar-refractivity contribution in [3.63, 3.8) is 0 Å². The summed E-state index contributed by atoms with van der Waals surface area (Å²) in [6.07, 6.45) is 1.29. The van der Waals surface area contributed by atoms with Crippen LogP contribution in [0, 0.1) is 5.41 Å². The Hall–Kier alpha value is -1.19. The summed E-state index contributed by atoms with van der Waals surface area (Å²) in [5.41, 5.74) is 0.537. The highest BCUT2D eigenvalue weighted by Gasteiger charge is 2.35. The monoisotopic (exact) mass is 234 g/mol. The summed E-state index contributed by atoms with van der Waals surface area (Å²) in [4.78, 5) is 11.0. The molecule has 1 aliphatic heterocycles. The summed E-state index contributed by atoms with van der Waals surface area (Å²) in [6.45, 7) is 4.43. The zero-order valence-electron chi connectivity index (χ0n) is 10.3. The van der Waals surface area contributed by atoms with E-state index in [1.807, 2.05) is 44.2 Å². The molecule has 0 aliphatic carbocycles. The normalized spacial score (nSPS) is 25.5. The fourth-order valence-electron chi connectivity index (χ4n) is 1.95. The van der Waals surface area contributed by atoms with E-state index in [2.05, 4.69) is 0 Å². The highest BCUT2D eigenvalue weighted by atomic mass is 16.7. The second kappa shape index (κ2) is 4.98. The van der Waals surface area contributed by atoms with Crippen molar-refractivity contribution in [1.29, 1.82) is 0 Å². The Morgan fingerprint density at radius 3 is 2.65 bits per heavy atom. The number of benzene rings is 1. The molecule has 1 aromatic rings. The number of rotatable bonds is 3. The predicted octanol–water partition coefficient (Wildman–Crippen LogP) is 2.72. The van der Waals surface area contributed by atoms with Crippen molar-refractivity contribution < 1.29 is 14.3 Å². The smallest absolute Gasteiger partial charge is 0.184 e. The quantitative estimate of drug-likeness (QED) is 0.754. The van der Waals surface area contributed by atoms with E-state index in [1.165, 1.54) is 0 Å². The van der Waals surface area contributed by atoms with E-state index in [0.29, 0.717) is 6.61 Å². The fourth-order valence-corrected chi connectivity index (χ4v) is 1.95. The van der Waals surface area contributed by atoms with Crippen LogP contribution in [0.4, 0.5) is 0 Å². The molecule has 1 aliphatic rings. The Morgan fingerprint density at radius 1 is 1.29 bits per heavy atom. The van der Waals surface area contributed by atoms with Gasteiger partial charge in [-0.25, -0.2) is 0 Å². The first kappa shape index (κ1) is 12.3. The van der Waals surface area contributed by atoms with Crippen LogP contribution in [0.1, 0.15) is 32.1 Å². The van der Waals surface area contributed by atoms with Gasteiger partial charge < -0.3 is 14.3 Å². The first-order valence-corrected chi connectivity index (χ1v) is 5.92. The van der Waals surface area contributed by atoms with Gasteiger partial charge >= 0.3 is 0 Å². The lowest BCUT2D eigenvalue weighted by Gasteiger charge is -2.37. The third-order valence-electron chi connectivity index (χ3n) is 3.14. The van der Waals surface area contributed by atoms with Gasteiger partial charge in [-0.3, -0.25) is 0 Å². The molecule has 2 rings (SSSR count). The van der Waals surface area contributed by atoms with Gasteiger partial charge in [-0.05, 0) is 6.42 Å². The lowest BCUT2D eigenvalue weighted by molar-refractivity contribution is -0.236. The van der Waals surface area contributed by atoms with Gasteiger partial charge in [0, 0.05) is 11.0 Å². The molecule has 0 amide bonds. The van der Waals surface area contributed by atoms with E-state index < -0.39 is 5.41 Å². The average molecular weight is 234 g/mol. The van der Waals surface area contributed by atoms with Crippen molar-refractivity contribution in [1.82, 2.24) is 0 Å². The first-order valence-electron chi connectivity index (χ1n) is 5.92. The topological polar surface area (TPSA) is 35.5 Å². The zero-order chi connectivity index (χ0) is 12.3. The molecule has 3 nitrogen and oxygen atoms in total. The summed E-state index contributed by atoms with van der Waals surface area (Å²) in [5.74, 6) is 0. The van der Waals surface area contributed by atoms with Gasteiger partial charge in [-0.15, -0.1) is 0 Å². The van der Waals surface area contributed by atoms with E-state index >= 15 is 0 Å². The highest BCUT2D eigenvalue weighted by molar-refractivity contribution is 5.59. The van der Waals surface area contributed by atoms with Crippen molar-refractivity contribution in [2.45, 2.75) is 32.7 Å². The van der Waals surface area contributed by atoms with E-state index in [9.17, 15) is 4.79 Å². The van der Waals surface area contributed by atoms with Crippen molar-refractivity contribution >= 4 is 6.29 Å². The van der Waals surface area contributed by atoms with Crippen molar-refractivity contribution in [2.24, 2.45) is 5.41 Å². The fraction of sp³-hybridized carbons (Fsp3) is 0.500. The first-order chi connectivity index (χ1) is 8.13. The minimum atomic E-state index is -0.461. The van der Waals surface area contributed by atoms with Crippen LogP contribution < -0.4 is 0 Å². The largest absolute Gasteiger partial charge is 0.348 e. The van der Waals surface area contributed by atoms with Gasteiger partial charge in [0.05, 0.1) is 12.7 Å². The van der Waals surface area contributed by atoms with Gasteiger partial charge in [0.2, 0.25) is 0 Å². The minimum absolute atomic E-state index is 0.0843. The molecule has 2 atom stereocenters. The molecule has 17 heavy (non-hydrogen) atoms. The molecule has 0 spiro atoms. The predicted molar refractivity (Wildman–Crippen MR) is 64.5 cm³/mol. The van der Waals surface area contributed by atoms with Crippen molar-refractivity contribution in [2.75, 3.05) is 6.61 Å². The summed E-state index contributed by atoms with van der Waals surface area (Å²) < 4.78 is 11.5. The number of aldehydes is 1. The van der Waals surface area contributed by atoms with Crippen LogP contribution in [0.25, 0.3) is 0 Å². The summed E-state index contributed by atoms with van der Waals surface area (Å²) in [7, 11) is 0. The van der Waals surface area contributed by atoms with E-state index in [1.54, 1.807) is 0 Å².